The first-order valence-corrected chi connectivity index (χ1v) is 21.2. The van der Waals surface area contributed by atoms with Crippen LogP contribution in [-0.2, 0) is 28.6 Å². The maximum absolute atomic E-state index is 12.5. The molecule has 3 aromatic carbocycles. The number of phosphoric ester groups is 1. The number of aliphatic hydroxyl groups excluding tert-OH is 1. The summed E-state index contributed by atoms with van der Waals surface area (Å²) in [5.74, 6) is -0.487. The highest BCUT2D eigenvalue weighted by Crippen LogP contribution is 2.47. The molecule has 0 fully saturated rings. The highest BCUT2D eigenvalue weighted by molar-refractivity contribution is 7.45. The van der Waals surface area contributed by atoms with Gasteiger partial charge in [0.15, 0.2) is 0 Å². The molecule has 0 radical (unpaired) electrons. The lowest BCUT2D eigenvalue weighted by atomic mass is 9.63. The van der Waals surface area contributed by atoms with E-state index < -0.39 is 38.5 Å². The van der Waals surface area contributed by atoms with Gasteiger partial charge in [-0.15, -0.1) is 0 Å². The van der Waals surface area contributed by atoms with E-state index in [1.807, 2.05) is 21.1 Å². The zero-order valence-electron chi connectivity index (χ0n) is 33.1. The molecule has 9 heteroatoms. The number of nitrogens with zero attached hydrogens (tertiary/aromatic N) is 1. The van der Waals surface area contributed by atoms with Crippen molar-refractivity contribution in [3.05, 3.63) is 131 Å². The fourth-order valence-corrected chi connectivity index (χ4v) is 7.31. The topological polar surface area (TPSA) is 105 Å². The number of hydrogen-bond donors (Lipinski definition) is 1. The Morgan fingerprint density at radius 1 is 0.778 bits per heavy atom. The number of phosphoric acid groups is 1. The van der Waals surface area contributed by atoms with Crippen LogP contribution in [0.25, 0.3) is 0 Å². The van der Waals surface area contributed by atoms with Crippen LogP contribution in [0.15, 0.2) is 115 Å². The molecule has 0 aromatic heterocycles. The van der Waals surface area contributed by atoms with Crippen LogP contribution in [0.2, 0.25) is 0 Å². The average molecular weight is 762 g/mol. The lowest BCUT2D eigenvalue weighted by Crippen LogP contribution is -2.37. The summed E-state index contributed by atoms with van der Waals surface area (Å²) in [6.45, 7) is 1.65. The number of ether oxygens (including phenoxy) is 1. The van der Waals surface area contributed by atoms with E-state index in [1.165, 1.54) is 41.5 Å². The summed E-state index contributed by atoms with van der Waals surface area (Å²) in [6, 6.07) is 32.6. The summed E-state index contributed by atoms with van der Waals surface area (Å²) in [5, 5.41) is 9.62. The van der Waals surface area contributed by atoms with Crippen molar-refractivity contribution in [3.8, 4) is 0 Å². The Kier molecular flexibility index (Phi) is 20.2. The largest absolute Gasteiger partial charge is 0.756 e. The van der Waals surface area contributed by atoms with Crippen LogP contribution >= 0.6 is 7.82 Å². The third kappa shape index (κ3) is 15.8. The number of allylic oxidation sites excluding steroid dienone is 4. The van der Waals surface area contributed by atoms with Gasteiger partial charge < -0.3 is 28.3 Å². The van der Waals surface area contributed by atoms with Gasteiger partial charge in [-0.2, -0.15) is 0 Å². The number of aliphatic hydroxyl groups is 1. The predicted octanol–water partition coefficient (Wildman–Crippen LogP) is 9.32. The Balaban J connectivity index is 1.61. The summed E-state index contributed by atoms with van der Waals surface area (Å²) < 4.78 is 27.6. The molecule has 296 valence electrons. The van der Waals surface area contributed by atoms with Crippen molar-refractivity contribution in [2.24, 2.45) is 0 Å². The molecule has 1 unspecified atom stereocenters. The van der Waals surface area contributed by atoms with Gasteiger partial charge in [0.2, 0.25) is 0 Å². The minimum Gasteiger partial charge on any atom is -0.756 e. The van der Waals surface area contributed by atoms with E-state index in [1.54, 1.807) is 0 Å². The van der Waals surface area contributed by atoms with E-state index in [0.717, 1.165) is 44.9 Å². The van der Waals surface area contributed by atoms with Crippen molar-refractivity contribution in [2.45, 2.75) is 95.5 Å². The molecule has 0 bridgehead atoms. The average Bonchev–Trinajstić information content (AvgIpc) is 3.16. The first kappa shape index (κ1) is 45.0. The van der Waals surface area contributed by atoms with Crippen LogP contribution in [0.3, 0.4) is 0 Å². The number of carbonyl (C=O) groups excluding carboxylic acids is 1. The Labute approximate surface area is 325 Å². The number of likely N-dealkylation sites (N-methyl/N-ethyl adjacent to an activating group) is 1. The van der Waals surface area contributed by atoms with Crippen LogP contribution in [0.5, 0.6) is 0 Å². The molecule has 0 aliphatic heterocycles. The molecule has 0 heterocycles. The Bertz CT molecular complexity index is 1480. The van der Waals surface area contributed by atoms with Crippen molar-refractivity contribution in [2.75, 3.05) is 47.5 Å². The van der Waals surface area contributed by atoms with Crippen molar-refractivity contribution in [3.63, 3.8) is 0 Å². The Morgan fingerprint density at radius 3 is 1.85 bits per heavy atom. The standard InChI is InChI=1S/C45H64NO7P/c1-5-6-7-8-11-17-26-39(45(40-28-19-14-20-29-40,41-30-21-15-22-31-41)42-32-23-16-24-33-42)27-18-12-9-10-13-25-34-44(48)53-43(37-47)38-52-54(49,50)51-36-35-46(2,3)4/h11,14-17,19-24,27-33,43,47H,5-10,12-13,18,25-26,34-38H2,1-4H3/b17-11-,39-27+/t43-/m1/s1. The third-order valence-corrected chi connectivity index (χ3v) is 10.5. The fraction of sp³-hybridized carbons (Fsp3) is 0.489. The number of quaternary nitrogens is 1. The molecule has 1 N–H and O–H groups in total. The maximum atomic E-state index is 12.5. The van der Waals surface area contributed by atoms with Gasteiger partial charge >= 0.3 is 5.97 Å². The number of hydrogen-bond acceptors (Lipinski definition) is 7. The van der Waals surface area contributed by atoms with Gasteiger partial charge in [0.05, 0.1) is 39.8 Å². The lowest BCUT2D eigenvalue weighted by molar-refractivity contribution is -0.870. The fourth-order valence-electron chi connectivity index (χ4n) is 6.58. The van der Waals surface area contributed by atoms with E-state index in [-0.39, 0.29) is 13.0 Å². The monoisotopic (exact) mass is 761 g/mol. The molecule has 3 rings (SSSR count). The molecule has 8 nitrogen and oxygen atoms in total. The SMILES string of the molecule is CCCCC/C=C\C/C(=C\CCCCCCCC(=O)O[C@H](CO)COP(=O)([O-])OCC[N+](C)(C)C)C(c1ccccc1)(c1ccccc1)c1ccccc1. The van der Waals surface area contributed by atoms with Gasteiger partial charge in [-0.25, -0.2) is 0 Å². The minimum absolute atomic E-state index is 0.0301. The predicted molar refractivity (Wildman–Crippen MR) is 217 cm³/mol. The highest BCUT2D eigenvalue weighted by Gasteiger charge is 2.39. The second-order valence-corrected chi connectivity index (χ2v) is 16.4. The van der Waals surface area contributed by atoms with Crippen LogP contribution in [-0.4, -0.2) is 69.2 Å². The second-order valence-electron chi connectivity index (χ2n) is 14.9. The van der Waals surface area contributed by atoms with Gasteiger partial charge in [-0.05, 0) is 55.2 Å². The summed E-state index contributed by atoms with van der Waals surface area (Å²) in [4.78, 5) is 24.5. The van der Waals surface area contributed by atoms with E-state index in [4.69, 9.17) is 13.8 Å². The van der Waals surface area contributed by atoms with E-state index in [2.05, 4.69) is 116 Å². The van der Waals surface area contributed by atoms with Crippen molar-refractivity contribution >= 4 is 13.8 Å². The first-order valence-electron chi connectivity index (χ1n) is 19.7. The first-order chi connectivity index (χ1) is 26.0. The summed E-state index contributed by atoms with van der Waals surface area (Å²) in [5.41, 5.74) is 4.67. The lowest BCUT2D eigenvalue weighted by Gasteiger charge is -2.38. The van der Waals surface area contributed by atoms with Crippen molar-refractivity contribution < 1.29 is 37.6 Å². The third-order valence-electron chi connectivity index (χ3n) is 9.49. The molecule has 0 saturated heterocycles. The minimum atomic E-state index is -4.57. The summed E-state index contributed by atoms with van der Waals surface area (Å²) in [7, 11) is 1.18. The quantitative estimate of drug-likeness (QED) is 0.0206. The van der Waals surface area contributed by atoms with Crippen LogP contribution in [0, 0.1) is 0 Å². The molecule has 0 aliphatic carbocycles. The van der Waals surface area contributed by atoms with Gasteiger partial charge in [0, 0.05) is 6.42 Å². The van der Waals surface area contributed by atoms with E-state index in [0.29, 0.717) is 17.4 Å². The van der Waals surface area contributed by atoms with Crippen LogP contribution < -0.4 is 4.89 Å². The van der Waals surface area contributed by atoms with Crippen molar-refractivity contribution in [1.29, 1.82) is 0 Å². The summed E-state index contributed by atoms with van der Waals surface area (Å²) >= 11 is 0. The van der Waals surface area contributed by atoms with Crippen molar-refractivity contribution in [1.82, 2.24) is 0 Å². The number of rotatable bonds is 27. The molecule has 54 heavy (non-hydrogen) atoms. The number of benzene rings is 3. The summed E-state index contributed by atoms with van der Waals surface area (Å²) in [6.07, 6.45) is 17.4. The van der Waals surface area contributed by atoms with Gasteiger partial charge in [-0.1, -0.05) is 154 Å². The maximum Gasteiger partial charge on any atom is 0.306 e. The zero-order valence-corrected chi connectivity index (χ0v) is 34.0. The highest BCUT2D eigenvalue weighted by atomic mass is 31.2. The van der Waals surface area contributed by atoms with E-state index >= 15 is 0 Å². The van der Waals surface area contributed by atoms with Crippen LogP contribution in [0.1, 0.15) is 101 Å². The van der Waals surface area contributed by atoms with Gasteiger partial charge in [-0.3, -0.25) is 9.36 Å². The molecule has 0 saturated carbocycles. The molecule has 0 amide bonds. The molecule has 0 aliphatic rings. The smallest absolute Gasteiger partial charge is 0.306 e. The zero-order chi connectivity index (χ0) is 39.1. The molecule has 0 spiro atoms. The molecule has 3 aromatic rings. The molecular formula is C45H64NO7P. The van der Waals surface area contributed by atoms with E-state index in [9.17, 15) is 19.4 Å². The normalized spacial score (nSPS) is 14.2. The molecular weight excluding hydrogens is 697 g/mol. The van der Waals surface area contributed by atoms with Gasteiger partial charge in [0.25, 0.3) is 7.82 Å². The number of unbranched alkanes of at least 4 members (excludes halogenated alkanes) is 8. The molecule has 2 atom stereocenters. The number of esters is 1. The Hall–Kier alpha value is -3.36. The van der Waals surface area contributed by atoms with Gasteiger partial charge in [0.1, 0.15) is 19.3 Å². The number of carbonyl (C=O) groups is 1. The second kappa shape index (κ2) is 24.2. The van der Waals surface area contributed by atoms with Crippen LogP contribution in [0.4, 0.5) is 0 Å². The Morgan fingerprint density at radius 2 is 1.31 bits per heavy atom.